The summed E-state index contributed by atoms with van der Waals surface area (Å²) in [4.78, 5) is 10.3. The lowest BCUT2D eigenvalue weighted by molar-refractivity contribution is 0.758. The molecule has 2 nitrogen and oxygen atoms in total. The first kappa shape index (κ1) is 26.1. The van der Waals surface area contributed by atoms with Crippen molar-refractivity contribution in [3.63, 3.8) is 0 Å². The zero-order valence-electron chi connectivity index (χ0n) is 25.6. The molecule has 218 valence electrons. The summed E-state index contributed by atoms with van der Waals surface area (Å²) in [5, 5.41) is 2.52. The molecule has 47 heavy (non-hydrogen) atoms. The third-order valence-electron chi connectivity index (χ3n) is 10.1. The molecule has 0 aliphatic heterocycles. The lowest BCUT2D eigenvalue weighted by Gasteiger charge is -2.29. The van der Waals surface area contributed by atoms with Crippen LogP contribution in [0, 0.1) is 0 Å². The summed E-state index contributed by atoms with van der Waals surface area (Å²) in [6, 6.07) is 59.2. The standard InChI is InChI=1S/C45H28N2/c1-2-11-32(12-3-1)44-46-28-39-37-15-7-9-17-41(37)45(43(39)47-44)40-16-8-6-14-36(40)38-25-24-35(27-42(38)45)31-20-18-30(19-21-31)34-23-22-29-10-4-5-13-33(29)26-34/h1-28H. The average molecular weight is 597 g/mol. The number of hydrogen-bond donors (Lipinski definition) is 0. The fourth-order valence-electron chi connectivity index (χ4n) is 7.99. The minimum atomic E-state index is -0.536. The van der Waals surface area contributed by atoms with Crippen molar-refractivity contribution in [3.8, 4) is 55.9 Å². The molecular weight excluding hydrogens is 569 g/mol. The van der Waals surface area contributed by atoms with Crippen molar-refractivity contribution in [1.29, 1.82) is 0 Å². The molecule has 0 saturated carbocycles. The van der Waals surface area contributed by atoms with Gasteiger partial charge in [-0.1, -0.05) is 152 Å². The van der Waals surface area contributed by atoms with E-state index >= 15 is 0 Å². The molecule has 2 aliphatic rings. The molecule has 1 aromatic heterocycles. The predicted octanol–water partition coefficient (Wildman–Crippen LogP) is 11.0. The molecule has 1 spiro atoms. The van der Waals surface area contributed by atoms with Crippen LogP contribution in [-0.4, -0.2) is 9.97 Å². The van der Waals surface area contributed by atoms with Gasteiger partial charge < -0.3 is 0 Å². The minimum Gasteiger partial charge on any atom is -0.236 e. The van der Waals surface area contributed by atoms with E-state index in [1.54, 1.807) is 0 Å². The van der Waals surface area contributed by atoms with E-state index in [0.717, 1.165) is 22.6 Å². The maximum atomic E-state index is 5.43. The van der Waals surface area contributed by atoms with Crippen LogP contribution in [0.4, 0.5) is 0 Å². The van der Waals surface area contributed by atoms with Gasteiger partial charge in [0.2, 0.25) is 0 Å². The lowest BCUT2D eigenvalue weighted by atomic mass is 9.72. The zero-order chi connectivity index (χ0) is 31.0. The van der Waals surface area contributed by atoms with Gasteiger partial charge in [-0.3, -0.25) is 0 Å². The summed E-state index contributed by atoms with van der Waals surface area (Å²) in [5.41, 5.74) is 15.0. The largest absolute Gasteiger partial charge is 0.236 e. The van der Waals surface area contributed by atoms with Gasteiger partial charge in [-0.15, -0.1) is 0 Å². The van der Waals surface area contributed by atoms with Crippen LogP contribution >= 0.6 is 0 Å². The molecular formula is C45H28N2. The van der Waals surface area contributed by atoms with E-state index in [4.69, 9.17) is 9.97 Å². The van der Waals surface area contributed by atoms with E-state index in [-0.39, 0.29) is 0 Å². The average Bonchev–Trinajstić information content (AvgIpc) is 3.62. The molecule has 7 aromatic carbocycles. The first-order chi connectivity index (χ1) is 23.3. The van der Waals surface area contributed by atoms with Crippen LogP contribution < -0.4 is 0 Å². The highest BCUT2D eigenvalue weighted by atomic mass is 14.9. The van der Waals surface area contributed by atoms with Crippen LogP contribution in [0.1, 0.15) is 22.4 Å². The number of fused-ring (bicyclic) bond motifs is 11. The van der Waals surface area contributed by atoms with Crippen LogP contribution in [0.3, 0.4) is 0 Å². The molecule has 0 amide bonds. The van der Waals surface area contributed by atoms with Gasteiger partial charge in [0.15, 0.2) is 5.82 Å². The second-order valence-electron chi connectivity index (χ2n) is 12.6. The maximum absolute atomic E-state index is 5.43. The normalized spacial score (nSPS) is 15.3. The lowest BCUT2D eigenvalue weighted by Crippen LogP contribution is -2.27. The topological polar surface area (TPSA) is 25.8 Å². The predicted molar refractivity (Wildman–Crippen MR) is 192 cm³/mol. The van der Waals surface area contributed by atoms with Crippen molar-refractivity contribution < 1.29 is 0 Å². The first-order valence-electron chi connectivity index (χ1n) is 16.2. The zero-order valence-corrected chi connectivity index (χ0v) is 25.6. The molecule has 0 bridgehead atoms. The summed E-state index contributed by atoms with van der Waals surface area (Å²) in [6.45, 7) is 0. The van der Waals surface area contributed by atoms with Gasteiger partial charge in [-0.2, -0.15) is 0 Å². The highest BCUT2D eigenvalue weighted by Gasteiger charge is 2.53. The second-order valence-corrected chi connectivity index (χ2v) is 12.6. The van der Waals surface area contributed by atoms with Crippen molar-refractivity contribution in [2.45, 2.75) is 5.41 Å². The number of benzene rings is 7. The number of rotatable bonds is 3. The van der Waals surface area contributed by atoms with Crippen molar-refractivity contribution >= 4 is 10.8 Å². The minimum absolute atomic E-state index is 0.536. The molecule has 8 aromatic rings. The SMILES string of the molecule is c1ccc(-c2ncc3c(n2)C2(c4ccccc4-c4ccc(-c5ccc(-c6ccc7ccccc7c6)cc5)cc42)c2ccccc2-3)cc1. The Morgan fingerprint density at radius 2 is 0.915 bits per heavy atom. The molecule has 1 atom stereocenters. The van der Waals surface area contributed by atoms with E-state index in [9.17, 15) is 0 Å². The van der Waals surface area contributed by atoms with E-state index in [1.165, 1.54) is 66.4 Å². The molecule has 0 fully saturated rings. The Morgan fingerprint density at radius 1 is 0.362 bits per heavy atom. The Labute approximate surface area is 273 Å². The Balaban J connectivity index is 1.16. The van der Waals surface area contributed by atoms with E-state index in [0.29, 0.717) is 0 Å². The van der Waals surface area contributed by atoms with Gasteiger partial charge in [0.05, 0.1) is 11.1 Å². The summed E-state index contributed by atoms with van der Waals surface area (Å²) in [6.07, 6.45) is 2.04. The van der Waals surface area contributed by atoms with E-state index in [1.807, 2.05) is 24.4 Å². The van der Waals surface area contributed by atoms with Gasteiger partial charge in [0.25, 0.3) is 0 Å². The van der Waals surface area contributed by atoms with Gasteiger partial charge in [-0.05, 0) is 78.5 Å². The Morgan fingerprint density at radius 3 is 1.66 bits per heavy atom. The van der Waals surface area contributed by atoms with Crippen molar-refractivity contribution in [1.82, 2.24) is 9.97 Å². The molecule has 0 radical (unpaired) electrons. The van der Waals surface area contributed by atoms with Crippen LogP contribution in [0.5, 0.6) is 0 Å². The molecule has 2 heteroatoms. The summed E-state index contributed by atoms with van der Waals surface area (Å²) < 4.78 is 0. The van der Waals surface area contributed by atoms with E-state index in [2.05, 4.69) is 146 Å². The first-order valence-corrected chi connectivity index (χ1v) is 16.2. The number of hydrogen-bond acceptors (Lipinski definition) is 2. The summed E-state index contributed by atoms with van der Waals surface area (Å²) in [5.74, 6) is 0.753. The summed E-state index contributed by atoms with van der Waals surface area (Å²) >= 11 is 0. The monoisotopic (exact) mass is 596 g/mol. The quantitative estimate of drug-likeness (QED) is 0.203. The van der Waals surface area contributed by atoms with Crippen LogP contribution in [0.2, 0.25) is 0 Å². The Bertz CT molecular complexity index is 2500. The molecule has 10 rings (SSSR count). The maximum Gasteiger partial charge on any atom is 0.159 e. The second kappa shape index (κ2) is 9.94. The highest BCUT2D eigenvalue weighted by molar-refractivity contribution is 5.95. The highest BCUT2D eigenvalue weighted by Crippen LogP contribution is 2.62. The third kappa shape index (κ3) is 3.73. The van der Waals surface area contributed by atoms with Crippen molar-refractivity contribution in [2.24, 2.45) is 0 Å². The van der Waals surface area contributed by atoms with Gasteiger partial charge in [0, 0.05) is 17.3 Å². The fraction of sp³-hybridized carbons (Fsp3) is 0.0222. The molecule has 0 saturated heterocycles. The number of nitrogens with zero attached hydrogens (tertiary/aromatic N) is 2. The van der Waals surface area contributed by atoms with Crippen LogP contribution in [0.15, 0.2) is 170 Å². The summed E-state index contributed by atoms with van der Waals surface area (Å²) in [7, 11) is 0. The molecule has 2 aliphatic carbocycles. The van der Waals surface area contributed by atoms with Gasteiger partial charge in [0.1, 0.15) is 0 Å². The van der Waals surface area contributed by atoms with Gasteiger partial charge >= 0.3 is 0 Å². The van der Waals surface area contributed by atoms with Crippen LogP contribution in [-0.2, 0) is 5.41 Å². The van der Waals surface area contributed by atoms with Gasteiger partial charge in [-0.25, -0.2) is 9.97 Å². The number of aromatic nitrogens is 2. The molecule has 1 heterocycles. The smallest absolute Gasteiger partial charge is 0.159 e. The van der Waals surface area contributed by atoms with Crippen molar-refractivity contribution in [3.05, 3.63) is 192 Å². The molecule has 0 N–H and O–H groups in total. The van der Waals surface area contributed by atoms with Crippen molar-refractivity contribution in [2.75, 3.05) is 0 Å². The van der Waals surface area contributed by atoms with E-state index < -0.39 is 5.41 Å². The third-order valence-corrected chi connectivity index (χ3v) is 10.1. The Hall–Kier alpha value is -6.12. The molecule has 1 unspecified atom stereocenters. The van der Waals surface area contributed by atoms with Crippen LogP contribution in [0.25, 0.3) is 66.7 Å². The Kier molecular flexibility index (Phi) is 5.53. The fourth-order valence-corrected chi connectivity index (χ4v) is 7.99.